The summed E-state index contributed by atoms with van der Waals surface area (Å²) in [4.78, 5) is 2.54. The first-order valence-corrected chi connectivity index (χ1v) is 6.45. The predicted molar refractivity (Wildman–Crippen MR) is 60.0 cm³/mol. The van der Waals surface area contributed by atoms with Gasteiger partial charge in [0.15, 0.2) is 0 Å². The van der Waals surface area contributed by atoms with Crippen molar-refractivity contribution in [1.29, 1.82) is 0 Å². The van der Waals surface area contributed by atoms with E-state index in [9.17, 15) is 0 Å². The Morgan fingerprint density at radius 3 is 2.33 bits per heavy atom. The number of unbranched alkanes of at least 4 members (excludes halogenated alkanes) is 1. The highest BCUT2D eigenvalue weighted by molar-refractivity contribution is 7.98. The predicted octanol–water partition coefficient (Wildman–Crippen LogP) is 2.86. The summed E-state index contributed by atoms with van der Waals surface area (Å²) >= 11 is 1.96. The zero-order chi connectivity index (χ0) is 9.23. The highest BCUT2D eigenvalue weighted by atomic mass is 32.2. The van der Waals surface area contributed by atoms with Crippen LogP contribution >= 0.6 is 11.8 Å². The van der Waals surface area contributed by atoms with Gasteiger partial charge in [-0.1, -0.05) is 13.8 Å². The fourth-order valence-electron chi connectivity index (χ4n) is 1.33. The second-order valence-electron chi connectivity index (χ2n) is 3.13. The highest BCUT2D eigenvalue weighted by Gasteiger charge is 1.98. The van der Waals surface area contributed by atoms with Gasteiger partial charge in [-0.15, -0.1) is 0 Å². The molecule has 0 fully saturated rings. The second kappa shape index (κ2) is 9.40. The first kappa shape index (κ1) is 12.3. The summed E-state index contributed by atoms with van der Waals surface area (Å²) in [5.74, 6) is 1.32. The van der Waals surface area contributed by atoms with Gasteiger partial charge in [0.05, 0.1) is 0 Å². The van der Waals surface area contributed by atoms with Crippen LogP contribution in [0, 0.1) is 0 Å². The maximum absolute atomic E-state index is 2.54. The van der Waals surface area contributed by atoms with Crippen LogP contribution in [0.1, 0.15) is 33.1 Å². The molecule has 0 radical (unpaired) electrons. The van der Waals surface area contributed by atoms with E-state index < -0.39 is 0 Å². The van der Waals surface area contributed by atoms with Gasteiger partial charge in [-0.05, 0) is 50.9 Å². The van der Waals surface area contributed by atoms with Crippen molar-refractivity contribution in [3.8, 4) is 0 Å². The molecule has 0 aromatic carbocycles. The third-order valence-corrected chi connectivity index (χ3v) is 2.76. The molecule has 0 amide bonds. The van der Waals surface area contributed by atoms with Gasteiger partial charge in [-0.2, -0.15) is 11.8 Å². The maximum atomic E-state index is 2.54. The lowest BCUT2D eigenvalue weighted by molar-refractivity contribution is 0.284. The fraction of sp³-hybridized carbons (Fsp3) is 1.00. The molecule has 0 saturated heterocycles. The smallest absolute Gasteiger partial charge is 0.00186 e. The molecule has 0 aromatic rings. The fourth-order valence-corrected chi connectivity index (χ4v) is 1.82. The number of hydrogen-bond acceptors (Lipinski definition) is 2. The Kier molecular flexibility index (Phi) is 9.64. The summed E-state index contributed by atoms with van der Waals surface area (Å²) < 4.78 is 0. The Hall–Kier alpha value is 0.310. The minimum Gasteiger partial charge on any atom is -0.304 e. The molecule has 0 aliphatic heterocycles. The summed E-state index contributed by atoms with van der Waals surface area (Å²) in [7, 11) is 0. The first-order valence-electron chi connectivity index (χ1n) is 5.06. The lowest BCUT2D eigenvalue weighted by Crippen LogP contribution is -2.25. The van der Waals surface area contributed by atoms with E-state index in [0.29, 0.717) is 0 Å². The van der Waals surface area contributed by atoms with E-state index in [-0.39, 0.29) is 0 Å². The summed E-state index contributed by atoms with van der Waals surface area (Å²) in [5.41, 5.74) is 0. The van der Waals surface area contributed by atoms with Crippen LogP contribution in [0.5, 0.6) is 0 Å². The second-order valence-corrected chi connectivity index (χ2v) is 4.12. The van der Waals surface area contributed by atoms with Crippen molar-refractivity contribution < 1.29 is 0 Å². The van der Waals surface area contributed by atoms with Crippen LogP contribution in [0.25, 0.3) is 0 Å². The van der Waals surface area contributed by atoms with Crippen molar-refractivity contribution in [3.63, 3.8) is 0 Å². The molecular formula is C10H23NS. The Balaban J connectivity index is 3.19. The quantitative estimate of drug-likeness (QED) is 0.540. The zero-order valence-corrected chi connectivity index (χ0v) is 9.62. The van der Waals surface area contributed by atoms with Crippen LogP contribution in [0.15, 0.2) is 0 Å². The largest absolute Gasteiger partial charge is 0.304 e. The lowest BCUT2D eigenvalue weighted by atomic mass is 10.3. The van der Waals surface area contributed by atoms with Crippen molar-refractivity contribution in [3.05, 3.63) is 0 Å². The van der Waals surface area contributed by atoms with Crippen LogP contribution in [-0.2, 0) is 0 Å². The summed E-state index contributed by atoms with van der Waals surface area (Å²) in [5, 5.41) is 0. The van der Waals surface area contributed by atoms with Gasteiger partial charge in [0, 0.05) is 0 Å². The molecule has 0 aliphatic rings. The van der Waals surface area contributed by atoms with Gasteiger partial charge in [-0.3, -0.25) is 0 Å². The normalized spacial score (nSPS) is 11.0. The topological polar surface area (TPSA) is 3.24 Å². The molecule has 2 heteroatoms. The van der Waals surface area contributed by atoms with Gasteiger partial charge in [0.2, 0.25) is 0 Å². The Bertz CT molecular complexity index is 85.9. The van der Waals surface area contributed by atoms with Crippen LogP contribution in [0.3, 0.4) is 0 Å². The van der Waals surface area contributed by atoms with Gasteiger partial charge >= 0.3 is 0 Å². The number of hydrogen-bond donors (Lipinski definition) is 0. The Labute approximate surface area is 81.9 Å². The minimum absolute atomic E-state index is 1.22. The van der Waals surface area contributed by atoms with Crippen LogP contribution in [0.2, 0.25) is 0 Å². The Morgan fingerprint density at radius 1 is 1.08 bits per heavy atom. The van der Waals surface area contributed by atoms with Gasteiger partial charge in [-0.25, -0.2) is 0 Å². The molecule has 0 aliphatic carbocycles. The molecule has 0 rings (SSSR count). The summed E-state index contributed by atoms with van der Waals surface area (Å²) in [6.07, 6.45) is 6.22. The van der Waals surface area contributed by atoms with Crippen molar-refractivity contribution in [2.75, 3.05) is 31.6 Å². The lowest BCUT2D eigenvalue weighted by Gasteiger charge is -2.18. The first-order chi connectivity index (χ1) is 5.85. The summed E-state index contributed by atoms with van der Waals surface area (Å²) in [6.45, 7) is 8.29. The standard InChI is InChI=1S/C10H23NS/c1-4-8-11(5-2)9-6-7-10-12-3/h4-10H2,1-3H3. The SMILES string of the molecule is CCCN(CC)CCCCSC. The summed E-state index contributed by atoms with van der Waals surface area (Å²) in [6, 6.07) is 0. The molecule has 0 heterocycles. The highest BCUT2D eigenvalue weighted by Crippen LogP contribution is 2.01. The van der Waals surface area contributed by atoms with Gasteiger partial charge in [0.1, 0.15) is 0 Å². The van der Waals surface area contributed by atoms with Crippen molar-refractivity contribution >= 4 is 11.8 Å². The molecule has 0 bridgehead atoms. The van der Waals surface area contributed by atoms with Gasteiger partial charge in [0.25, 0.3) is 0 Å². The van der Waals surface area contributed by atoms with E-state index in [4.69, 9.17) is 0 Å². The van der Waals surface area contributed by atoms with E-state index in [1.165, 1.54) is 44.6 Å². The molecule has 0 N–H and O–H groups in total. The van der Waals surface area contributed by atoms with Crippen LogP contribution in [0.4, 0.5) is 0 Å². The maximum Gasteiger partial charge on any atom is -0.00186 e. The third-order valence-electron chi connectivity index (χ3n) is 2.06. The molecule has 0 atom stereocenters. The molecule has 12 heavy (non-hydrogen) atoms. The molecule has 0 saturated carbocycles. The molecule has 74 valence electrons. The zero-order valence-electron chi connectivity index (χ0n) is 8.81. The van der Waals surface area contributed by atoms with Crippen molar-refractivity contribution in [2.45, 2.75) is 33.1 Å². The van der Waals surface area contributed by atoms with E-state index >= 15 is 0 Å². The van der Waals surface area contributed by atoms with Gasteiger partial charge < -0.3 is 4.90 Å². The van der Waals surface area contributed by atoms with Crippen LogP contribution < -0.4 is 0 Å². The molecule has 0 aromatic heterocycles. The van der Waals surface area contributed by atoms with E-state index in [1.807, 2.05) is 11.8 Å². The Morgan fingerprint density at radius 2 is 1.83 bits per heavy atom. The average molecular weight is 189 g/mol. The number of nitrogens with zero attached hydrogens (tertiary/aromatic N) is 1. The molecular weight excluding hydrogens is 166 g/mol. The van der Waals surface area contributed by atoms with Crippen molar-refractivity contribution in [2.24, 2.45) is 0 Å². The van der Waals surface area contributed by atoms with E-state index in [0.717, 1.165) is 0 Å². The third kappa shape index (κ3) is 6.99. The number of thioether (sulfide) groups is 1. The van der Waals surface area contributed by atoms with Crippen molar-refractivity contribution in [1.82, 2.24) is 4.90 Å². The number of rotatable bonds is 8. The molecule has 1 nitrogen and oxygen atoms in total. The molecule has 0 unspecified atom stereocenters. The van der Waals surface area contributed by atoms with Crippen LogP contribution in [-0.4, -0.2) is 36.5 Å². The molecule has 0 spiro atoms. The van der Waals surface area contributed by atoms with E-state index in [2.05, 4.69) is 25.0 Å². The monoisotopic (exact) mass is 189 g/mol. The minimum atomic E-state index is 1.22. The van der Waals surface area contributed by atoms with E-state index in [1.54, 1.807) is 0 Å². The average Bonchev–Trinajstić information content (AvgIpc) is 2.10.